The highest BCUT2D eigenvalue weighted by Gasteiger charge is 2.26. The van der Waals surface area contributed by atoms with Gasteiger partial charge in [-0.25, -0.2) is 21.6 Å². The number of benzene rings is 2. The first-order chi connectivity index (χ1) is 14.3. The smallest absolute Gasteiger partial charge is 0.243 e. The topological polar surface area (TPSA) is 111 Å². The van der Waals surface area contributed by atoms with Crippen molar-refractivity contribution in [2.75, 3.05) is 46.6 Å². The summed E-state index contributed by atoms with van der Waals surface area (Å²) in [5.74, 6) is 1.01. The van der Waals surface area contributed by atoms with Crippen molar-refractivity contribution in [1.82, 2.24) is 9.03 Å². The normalized spacial score (nSPS) is 15.6. The second-order valence-corrected chi connectivity index (χ2v) is 10.1. The number of methoxy groups -OCH3 is 1. The molecule has 1 heterocycles. The van der Waals surface area contributed by atoms with E-state index >= 15 is 0 Å². The number of nitrogens with zero attached hydrogens (tertiary/aromatic N) is 1. The highest BCUT2D eigenvalue weighted by Crippen LogP contribution is 2.20. The molecule has 9 nitrogen and oxygen atoms in total. The molecule has 0 saturated carbocycles. The molecule has 1 aliphatic heterocycles. The van der Waals surface area contributed by atoms with Gasteiger partial charge in [0.25, 0.3) is 0 Å². The van der Waals surface area contributed by atoms with Crippen molar-refractivity contribution >= 4 is 20.0 Å². The van der Waals surface area contributed by atoms with E-state index in [1.165, 1.54) is 35.7 Å². The molecule has 1 N–H and O–H groups in total. The molecular formula is C19H24N2O7S2. The Morgan fingerprint density at radius 1 is 0.900 bits per heavy atom. The predicted octanol–water partition coefficient (Wildman–Crippen LogP) is 1.07. The standard InChI is InChI=1S/C19H24N2O7S2/c1-26-16-2-6-18(7-3-16)29(22,23)20-10-13-28-17-4-8-19(9-5-17)30(24,25)21-11-14-27-15-12-21/h2-9,20H,10-15H2,1H3. The predicted molar refractivity (Wildman–Crippen MR) is 110 cm³/mol. The molecule has 2 aromatic rings. The van der Waals surface area contributed by atoms with Crippen LogP contribution in [0.5, 0.6) is 11.5 Å². The molecule has 30 heavy (non-hydrogen) atoms. The maximum absolute atomic E-state index is 12.6. The van der Waals surface area contributed by atoms with Crippen LogP contribution < -0.4 is 14.2 Å². The fourth-order valence-corrected chi connectivity index (χ4v) is 5.25. The van der Waals surface area contributed by atoms with E-state index in [4.69, 9.17) is 14.2 Å². The van der Waals surface area contributed by atoms with Gasteiger partial charge in [0, 0.05) is 19.6 Å². The van der Waals surface area contributed by atoms with E-state index in [-0.39, 0.29) is 22.9 Å². The Hall–Kier alpha value is -2.18. The zero-order chi connectivity index (χ0) is 21.6. The third-order valence-electron chi connectivity index (χ3n) is 4.46. The summed E-state index contributed by atoms with van der Waals surface area (Å²) in [7, 11) is -5.72. The Labute approximate surface area is 176 Å². The van der Waals surface area contributed by atoms with Crippen LogP contribution in [0, 0.1) is 0 Å². The van der Waals surface area contributed by atoms with Crippen molar-refractivity contribution in [3.05, 3.63) is 48.5 Å². The van der Waals surface area contributed by atoms with Crippen LogP contribution in [0.3, 0.4) is 0 Å². The summed E-state index contributed by atoms with van der Waals surface area (Å²) >= 11 is 0. The first kappa shape index (κ1) is 22.5. The van der Waals surface area contributed by atoms with Gasteiger partial charge in [0.1, 0.15) is 18.1 Å². The minimum absolute atomic E-state index is 0.0577. The number of sulfonamides is 2. The van der Waals surface area contributed by atoms with Gasteiger partial charge >= 0.3 is 0 Å². The van der Waals surface area contributed by atoms with E-state index in [9.17, 15) is 16.8 Å². The number of hydrogen-bond acceptors (Lipinski definition) is 7. The Kier molecular flexibility index (Phi) is 7.32. The first-order valence-electron chi connectivity index (χ1n) is 9.27. The van der Waals surface area contributed by atoms with Gasteiger partial charge in [0.05, 0.1) is 30.1 Å². The monoisotopic (exact) mass is 456 g/mol. The minimum Gasteiger partial charge on any atom is -0.497 e. The van der Waals surface area contributed by atoms with Crippen LogP contribution in [-0.4, -0.2) is 67.7 Å². The largest absolute Gasteiger partial charge is 0.497 e. The molecule has 1 saturated heterocycles. The lowest BCUT2D eigenvalue weighted by molar-refractivity contribution is 0.0730. The fraction of sp³-hybridized carbons (Fsp3) is 0.368. The van der Waals surface area contributed by atoms with E-state index < -0.39 is 20.0 Å². The Balaban J connectivity index is 1.51. The van der Waals surface area contributed by atoms with Crippen LogP contribution in [-0.2, 0) is 24.8 Å². The van der Waals surface area contributed by atoms with Gasteiger partial charge in [-0.1, -0.05) is 0 Å². The average molecular weight is 457 g/mol. The van der Waals surface area contributed by atoms with Gasteiger partial charge in [-0.05, 0) is 48.5 Å². The lowest BCUT2D eigenvalue weighted by atomic mass is 10.3. The van der Waals surface area contributed by atoms with Gasteiger partial charge in [-0.3, -0.25) is 0 Å². The third-order valence-corrected chi connectivity index (χ3v) is 7.85. The molecule has 0 radical (unpaired) electrons. The number of hydrogen-bond donors (Lipinski definition) is 1. The van der Waals surface area contributed by atoms with Crippen LogP contribution in [0.2, 0.25) is 0 Å². The van der Waals surface area contributed by atoms with Gasteiger partial charge in [-0.15, -0.1) is 0 Å². The SMILES string of the molecule is COc1ccc(S(=O)(=O)NCCOc2ccc(S(=O)(=O)N3CCOCC3)cc2)cc1. The number of nitrogens with one attached hydrogen (secondary N) is 1. The van der Waals surface area contributed by atoms with Gasteiger partial charge in [0.15, 0.2) is 0 Å². The molecule has 1 aliphatic rings. The van der Waals surface area contributed by atoms with Crippen LogP contribution in [0.15, 0.2) is 58.3 Å². The minimum atomic E-state index is -3.66. The zero-order valence-electron chi connectivity index (χ0n) is 16.5. The van der Waals surface area contributed by atoms with E-state index in [0.717, 1.165) is 0 Å². The molecule has 0 spiro atoms. The summed E-state index contributed by atoms with van der Waals surface area (Å²) < 4.78 is 69.3. The van der Waals surface area contributed by atoms with Gasteiger partial charge < -0.3 is 14.2 Å². The molecule has 3 rings (SSSR count). The Morgan fingerprint density at radius 2 is 1.47 bits per heavy atom. The van der Waals surface area contributed by atoms with Crippen LogP contribution in [0.25, 0.3) is 0 Å². The molecule has 0 bridgehead atoms. The molecule has 0 aliphatic carbocycles. The highest BCUT2D eigenvalue weighted by atomic mass is 32.2. The summed E-state index contributed by atoms with van der Waals surface area (Å²) in [5, 5.41) is 0. The Bertz CT molecular complexity index is 1030. The van der Waals surface area contributed by atoms with E-state index in [2.05, 4.69) is 4.72 Å². The van der Waals surface area contributed by atoms with E-state index in [1.54, 1.807) is 24.3 Å². The molecule has 164 valence electrons. The number of ether oxygens (including phenoxy) is 3. The summed E-state index contributed by atoms with van der Waals surface area (Å²) in [4.78, 5) is 0.304. The van der Waals surface area contributed by atoms with Crippen molar-refractivity contribution in [2.24, 2.45) is 0 Å². The van der Waals surface area contributed by atoms with Crippen molar-refractivity contribution in [3.63, 3.8) is 0 Å². The van der Waals surface area contributed by atoms with E-state index in [0.29, 0.717) is 37.8 Å². The number of rotatable bonds is 9. The van der Waals surface area contributed by atoms with Crippen molar-refractivity contribution < 1.29 is 31.0 Å². The molecule has 1 fully saturated rings. The second-order valence-electron chi connectivity index (χ2n) is 6.41. The summed E-state index contributed by atoms with van der Waals surface area (Å²) in [5.41, 5.74) is 0. The molecule has 0 amide bonds. The summed E-state index contributed by atoms with van der Waals surface area (Å²) in [6, 6.07) is 12.1. The number of morpholine rings is 1. The quantitative estimate of drug-likeness (QED) is 0.562. The van der Waals surface area contributed by atoms with Crippen LogP contribution >= 0.6 is 0 Å². The summed E-state index contributed by atoms with van der Waals surface area (Å²) in [6.45, 7) is 1.57. The highest BCUT2D eigenvalue weighted by molar-refractivity contribution is 7.89. The Morgan fingerprint density at radius 3 is 2.07 bits per heavy atom. The second kappa shape index (κ2) is 9.75. The lowest BCUT2D eigenvalue weighted by Gasteiger charge is -2.26. The molecule has 11 heteroatoms. The van der Waals surface area contributed by atoms with Gasteiger partial charge in [-0.2, -0.15) is 4.31 Å². The van der Waals surface area contributed by atoms with Crippen LogP contribution in [0.1, 0.15) is 0 Å². The van der Waals surface area contributed by atoms with Crippen molar-refractivity contribution in [1.29, 1.82) is 0 Å². The lowest BCUT2D eigenvalue weighted by Crippen LogP contribution is -2.40. The van der Waals surface area contributed by atoms with Gasteiger partial charge in [0.2, 0.25) is 20.0 Å². The van der Waals surface area contributed by atoms with Crippen LogP contribution in [0.4, 0.5) is 0 Å². The summed E-state index contributed by atoms with van der Waals surface area (Å²) in [6.07, 6.45) is 0. The zero-order valence-corrected chi connectivity index (χ0v) is 18.1. The molecule has 0 atom stereocenters. The molecule has 0 unspecified atom stereocenters. The third kappa shape index (κ3) is 5.49. The molecule has 0 aromatic heterocycles. The maximum atomic E-state index is 12.6. The van der Waals surface area contributed by atoms with E-state index in [1.807, 2.05) is 0 Å². The fourth-order valence-electron chi connectivity index (χ4n) is 2.83. The van der Waals surface area contributed by atoms with Crippen molar-refractivity contribution in [2.45, 2.75) is 9.79 Å². The first-order valence-corrected chi connectivity index (χ1v) is 12.2. The molecular weight excluding hydrogens is 432 g/mol. The maximum Gasteiger partial charge on any atom is 0.243 e. The van der Waals surface area contributed by atoms with Crippen molar-refractivity contribution in [3.8, 4) is 11.5 Å². The molecule has 2 aromatic carbocycles. The average Bonchev–Trinajstić information content (AvgIpc) is 2.78.